The summed E-state index contributed by atoms with van der Waals surface area (Å²) < 4.78 is 15.8. The minimum absolute atomic E-state index is 0.0116. The zero-order chi connectivity index (χ0) is 21.4. The number of Topliss-reactive ketones (excluding diaryl/α,β-unsaturated/α-hetero) is 1. The number of esters is 1. The zero-order valence-electron chi connectivity index (χ0n) is 17.2. The molecular formula is C22H24N2O6. The fourth-order valence-electron chi connectivity index (χ4n) is 4.56. The Kier molecular flexibility index (Phi) is 5.24. The summed E-state index contributed by atoms with van der Waals surface area (Å²) in [6.07, 6.45) is 1.80. The second-order valence-corrected chi connectivity index (χ2v) is 7.35. The Balaban J connectivity index is 2.00. The summed E-state index contributed by atoms with van der Waals surface area (Å²) in [6, 6.07) is 5.27. The van der Waals surface area contributed by atoms with Crippen molar-refractivity contribution in [1.29, 1.82) is 0 Å². The lowest BCUT2D eigenvalue weighted by molar-refractivity contribution is -0.137. The van der Waals surface area contributed by atoms with E-state index in [0.717, 1.165) is 12.1 Å². The molecule has 30 heavy (non-hydrogen) atoms. The number of fused-ring (bicyclic) bond motifs is 2. The van der Waals surface area contributed by atoms with Gasteiger partial charge in [-0.25, -0.2) is 4.79 Å². The molecule has 8 nitrogen and oxygen atoms in total. The number of allylic oxidation sites excluding steroid dienone is 2. The predicted octanol–water partition coefficient (Wildman–Crippen LogP) is 1.67. The van der Waals surface area contributed by atoms with Crippen LogP contribution in [-0.4, -0.2) is 57.0 Å². The third-order valence-electron chi connectivity index (χ3n) is 5.84. The maximum atomic E-state index is 13.1. The van der Waals surface area contributed by atoms with Crippen LogP contribution in [0, 0.1) is 0 Å². The van der Waals surface area contributed by atoms with Crippen LogP contribution in [0.2, 0.25) is 0 Å². The van der Waals surface area contributed by atoms with Gasteiger partial charge in [0.25, 0.3) is 5.91 Å². The first kappa shape index (κ1) is 20.0. The molecule has 2 heterocycles. The van der Waals surface area contributed by atoms with Crippen molar-refractivity contribution >= 4 is 17.7 Å². The van der Waals surface area contributed by atoms with Crippen LogP contribution in [0.5, 0.6) is 11.5 Å². The predicted molar refractivity (Wildman–Crippen MR) is 107 cm³/mol. The fourth-order valence-corrected chi connectivity index (χ4v) is 4.56. The van der Waals surface area contributed by atoms with Gasteiger partial charge in [-0.2, -0.15) is 0 Å². The van der Waals surface area contributed by atoms with Gasteiger partial charge in [-0.15, -0.1) is 0 Å². The number of ketones is 1. The van der Waals surface area contributed by atoms with Crippen molar-refractivity contribution in [1.82, 2.24) is 10.2 Å². The van der Waals surface area contributed by atoms with E-state index in [1.54, 1.807) is 18.2 Å². The standard InChI is InChI=1S/C22H24N2O6/c1-28-15-8-7-12(11-16(15)29-2)17-18-13(5-4-6-14(18)25)24-10-9-23-21(26)20(24)19(17)22(27)30-3/h7-8,11,17H,4-6,9-10H2,1-3H3,(H,23,26)/t17-/m1/s1. The smallest absolute Gasteiger partial charge is 0.337 e. The topological polar surface area (TPSA) is 94.2 Å². The molecule has 1 N–H and O–H groups in total. The van der Waals surface area contributed by atoms with Crippen LogP contribution in [-0.2, 0) is 19.1 Å². The summed E-state index contributed by atoms with van der Waals surface area (Å²) in [6.45, 7) is 0.953. The van der Waals surface area contributed by atoms with E-state index in [0.29, 0.717) is 48.6 Å². The van der Waals surface area contributed by atoms with Crippen molar-refractivity contribution in [3.05, 3.63) is 46.3 Å². The van der Waals surface area contributed by atoms with Crippen molar-refractivity contribution < 1.29 is 28.6 Å². The quantitative estimate of drug-likeness (QED) is 0.752. The zero-order valence-corrected chi connectivity index (χ0v) is 17.2. The number of nitrogens with zero attached hydrogens (tertiary/aromatic N) is 1. The molecular weight excluding hydrogens is 388 g/mol. The van der Waals surface area contributed by atoms with Crippen molar-refractivity contribution in [3.8, 4) is 11.5 Å². The molecule has 1 saturated heterocycles. The average Bonchev–Trinajstić information content (AvgIpc) is 2.77. The summed E-state index contributed by atoms with van der Waals surface area (Å²) in [5.74, 6) is -0.679. The van der Waals surface area contributed by atoms with Crippen molar-refractivity contribution in [2.24, 2.45) is 0 Å². The van der Waals surface area contributed by atoms with Crippen LogP contribution in [0.15, 0.2) is 40.7 Å². The molecule has 0 radical (unpaired) electrons. The number of carbonyl (C=O) groups excluding carboxylic acids is 3. The molecule has 0 spiro atoms. The molecule has 4 rings (SSSR count). The Bertz CT molecular complexity index is 993. The number of carbonyl (C=O) groups is 3. The van der Waals surface area contributed by atoms with E-state index in [2.05, 4.69) is 5.32 Å². The SMILES string of the molecule is COC(=O)C1=C2C(=O)NCCN2C2=C(C(=O)CCC2)[C@H]1c1ccc(OC)c(OC)c1. The second-order valence-electron chi connectivity index (χ2n) is 7.35. The number of nitrogens with one attached hydrogen (secondary N) is 1. The van der Waals surface area contributed by atoms with Gasteiger partial charge in [-0.1, -0.05) is 6.07 Å². The van der Waals surface area contributed by atoms with Crippen LogP contribution in [0.1, 0.15) is 30.7 Å². The molecule has 158 valence electrons. The minimum atomic E-state index is -0.713. The molecule has 1 fully saturated rings. The summed E-state index contributed by atoms with van der Waals surface area (Å²) in [5, 5.41) is 2.81. The highest BCUT2D eigenvalue weighted by molar-refractivity contribution is 6.09. The van der Waals surface area contributed by atoms with E-state index in [1.165, 1.54) is 21.3 Å². The molecule has 1 aromatic carbocycles. The normalized spacial score (nSPS) is 21.0. The maximum absolute atomic E-state index is 13.1. The summed E-state index contributed by atoms with van der Waals surface area (Å²) in [5.41, 5.74) is 2.49. The Morgan fingerprint density at radius 2 is 1.87 bits per heavy atom. The first-order valence-electron chi connectivity index (χ1n) is 9.88. The molecule has 3 aliphatic rings. The highest BCUT2D eigenvalue weighted by atomic mass is 16.5. The lowest BCUT2D eigenvalue weighted by atomic mass is 9.74. The van der Waals surface area contributed by atoms with E-state index in [1.807, 2.05) is 4.90 Å². The Morgan fingerprint density at radius 3 is 2.57 bits per heavy atom. The molecule has 1 aliphatic carbocycles. The van der Waals surface area contributed by atoms with Crippen LogP contribution in [0.3, 0.4) is 0 Å². The van der Waals surface area contributed by atoms with Gasteiger partial charge in [0, 0.05) is 36.7 Å². The molecule has 0 saturated carbocycles. The van der Waals surface area contributed by atoms with Gasteiger partial charge in [0.2, 0.25) is 0 Å². The van der Waals surface area contributed by atoms with E-state index >= 15 is 0 Å². The summed E-state index contributed by atoms with van der Waals surface area (Å²) in [7, 11) is 4.34. The number of hydrogen-bond acceptors (Lipinski definition) is 7. The number of rotatable bonds is 4. The molecule has 0 bridgehead atoms. The number of methoxy groups -OCH3 is 3. The van der Waals surface area contributed by atoms with E-state index in [4.69, 9.17) is 14.2 Å². The van der Waals surface area contributed by atoms with Gasteiger partial charge in [-0.3, -0.25) is 9.59 Å². The van der Waals surface area contributed by atoms with Crippen molar-refractivity contribution in [2.45, 2.75) is 25.2 Å². The van der Waals surface area contributed by atoms with E-state index in [9.17, 15) is 14.4 Å². The summed E-state index contributed by atoms with van der Waals surface area (Å²) in [4.78, 5) is 40.7. The van der Waals surface area contributed by atoms with Crippen LogP contribution < -0.4 is 14.8 Å². The van der Waals surface area contributed by atoms with Gasteiger partial charge < -0.3 is 24.4 Å². The lowest BCUT2D eigenvalue weighted by Crippen LogP contribution is -2.50. The van der Waals surface area contributed by atoms with E-state index in [-0.39, 0.29) is 23.0 Å². The van der Waals surface area contributed by atoms with Gasteiger partial charge in [0.15, 0.2) is 17.3 Å². The Labute approximate surface area is 174 Å². The van der Waals surface area contributed by atoms with Crippen molar-refractivity contribution in [2.75, 3.05) is 34.4 Å². The van der Waals surface area contributed by atoms with Gasteiger partial charge in [0.1, 0.15) is 5.70 Å². The van der Waals surface area contributed by atoms with Crippen molar-refractivity contribution in [3.63, 3.8) is 0 Å². The fraction of sp³-hybridized carbons (Fsp3) is 0.409. The van der Waals surface area contributed by atoms with Gasteiger partial charge in [-0.05, 0) is 30.5 Å². The molecule has 8 heteroatoms. The van der Waals surface area contributed by atoms with Gasteiger partial charge >= 0.3 is 5.97 Å². The van der Waals surface area contributed by atoms with Crippen LogP contribution in [0.4, 0.5) is 0 Å². The number of hydrogen-bond donors (Lipinski definition) is 1. The monoisotopic (exact) mass is 412 g/mol. The molecule has 0 unspecified atom stereocenters. The first-order chi connectivity index (χ1) is 14.5. The number of amides is 1. The Hall–Kier alpha value is -3.29. The summed E-state index contributed by atoms with van der Waals surface area (Å²) >= 11 is 0. The number of benzene rings is 1. The first-order valence-corrected chi connectivity index (χ1v) is 9.88. The third kappa shape index (κ3) is 3.03. The maximum Gasteiger partial charge on any atom is 0.337 e. The minimum Gasteiger partial charge on any atom is -0.493 e. The van der Waals surface area contributed by atoms with Crippen LogP contribution in [0.25, 0.3) is 0 Å². The number of piperazine rings is 1. The third-order valence-corrected chi connectivity index (χ3v) is 5.84. The molecule has 0 aromatic heterocycles. The number of ether oxygens (including phenoxy) is 3. The second kappa shape index (κ2) is 7.85. The molecule has 1 aromatic rings. The molecule has 1 amide bonds. The molecule has 1 atom stereocenters. The lowest BCUT2D eigenvalue weighted by Gasteiger charge is -2.43. The van der Waals surface area contributed by atoms with E-state index < -0.39 is 11.9 Å². The Morgan fingerprint density at radius 1 is 1.10 bits per heavy atom. The largest absolute Gasteiger partial charge is 0.493 e. The highest BCUT2D eigenvalue weighted by Crippen LogP contribution is 2.48. The van der Waals surface area contributed by atoms with Gasteiger partial charge in [0.05, 0.1) is 26.9 Å². The average molecular weight is 412 g/mol. The molecule has 2 aliphatic heterocycles. The van der Waals surface area contributed by atoms with Crippen LogP contribution >= 0.6 is 0 Å². The highest BCUT2D eigenvalue weighted by Gasteiger charge is 2.46.